The van der Waals surface area contributed by atoms with Gasteiger partial charge in [0.05, 0.1) is 5.60 Å². The fraction of sp³-hybridized carbons (Fsp3) is 0.969. The average Bonchev–Trinajstić information content (AvgIpc) is 3.10. The van der Waals surface area contributed by atoms with Gasteiger partial charge in [0.25, 0.3) is 0 Å². The standard InChI is InChI=1S/C32H54O3/c1-21(33)35-20-32(8,34)23-12-17-28(4)22(23)13-18-30(6)25(28)10-11-26-29(5)16-9-15-27(2,3)24(29)14-19-31(26,30)7/h22-26,34H,9-20H2,1-8H3/t22-,23-,24?,25+,26+,28-,29-,30+,31+,32+/m0/s1. The molecule has 5 aliphatic rings. The van der Waals surface area contributed by atoms with Crippen LogP contribution in [0.15, 0.2) is 0 Å². The van der Waals surface area contributed by atoms with Crippen LogP contribution in [-0.4, -0.2) is 23.3 Å². The molecule has 0 aliphatic heterocycles. The van der Waals surface area contributed by atoms with E-state index in [4.69, 9.17) is 4.74 Å². The van der Waals surface area contributed by atoms with Gasteiger partial charge in [-0.25, -0.2) is 0 Å². The molecular formula is C32H54O3. The number of aliphatic hydroxyl groups is 1. The second-order valence-corrected chi connectivity index (χ2v) is 15.9. The van der Waals surface area contributed by atoms with E-state index in [-0.39, 0.29) is 23.9 Å². The van der Waals surface area contributed by atoms with Gasteiger partial charge in [-0.2, -0.15) is 0 Å². The zero-order valence-corrected chi connectivity index (χ0v) is 24.1. The van der Waals surface area contributed by atoms with Crippen LogP contribution in [0.1, 0.15) is 126 Å². The van der Waals surface area contributed by atoms with E-state index in [1.165, 1.54) is 71.1 Å². The summed E-state index contributed by atoms with van der Waals surface area (Å²) in [5.74, 6) is 2.94. The molecule has 5 saturated carbocycles. The van der Waals surface area contributed by atoms with E-state index in [9.17, 15) is 9.90 Å². The highest BCUT2D eigenvalue weighted by atomic mass is 16.5. The molecule has 0 radical (unpaired) electrons. The number of carbonyl (C=O) groups is 1. The lowest BCUT2D eigenvalue weighted by molar-refractivity contribution is -0.243. The van der Waals surface area contributed by atoms with Gasteiger partial charge in [-0.1, -0.05) is 48.0 Å². The molecule has 35 heavy (non-hydrogen) atoms. The van der Waals surface area contributed by atoms with Crippen molar-refractivity contribution in [2.75, 3.05) is 6.61 Å². The van der Waals surface area contributed by atoms with Crippen molar-refractivity contribution in [2.24, 2.45) is 56.7 Å². The van der Waals surface area contributed by atoms with Gasteiger partial charge in [0.2, 0.25) is 0 Å². The Morgan fingerprint density at radius 3 is 2.03 bits per heavy atom. The lowest BCUT2D eigenvalue weighted by atomic mass is 9.32. The summed E-state index contributed by atoms with van der Waals surface area (Å²) in [5.41, 5.74) is 1.14. The van der Waals surface area contributed by atoms with Crippen molar-refractivity contribution in [3.8, 4) is 0 Å². The zero-order valence-electron chi connectivity index (χ0n) is 24.1. The van der Waals surface area contributed by atoms with Crippen molar-refractivity contribution in [3.63, 3.8) is 0 Å². The first-order valence-corrected chi connectivity index (χ1v) is 15.0. The molecule has 3 heteroatoms. The number of ether oxygens (including phenoxy) is 1. The largest absolute Gasteiger partial charge is 0.463 e. The molecule has 5 fully saturated rings. The maximum Gasteiger partial charge on any atom is 0.302 e. The minimum absolute atomic E-state index is 0.136. The van der Waals surface area contributed by atoms with Gasteiger partial charge in [0, 0.05) is 6.92 Å². The topological polar surface area (TPSA) is 46.5 Å². The second kappa shape index (κ2) is 7.97. The van der Waals surface area contributed by atoms with Crippen LogP contribution in [0.4, 0.5) is 0 Å². The number of rotatable bonds is 3. The SMILES string of the molecule is CC(=O)OC[C@@](C)(O)[C@H]1CC[C@]2(C)[C@H]3CC[C@@H]4[C@@]5(C)CCCC(C)(C)C5CC[C@@]4(C)[C@]3(C)CC[C@@H]12. The van der Waals surface area contributed by atoms with Crippen molar-refractivity contribution < 1.29 is 14.6 Å². The van der Waals surface area contributed by atoms with Crippen LogP contribution in [0, 0.1) is 56.7 Å². The predicted octanol–water partition coefficient (Wildman–Crippen LogP) is 7.79. The van der Waals surface area contributed by atoms with Gasteiger partial charge in [-0.05, 0) is 128 Å². The fourth-order valence-electron chi connectivity index (χ4n) is 12.4. The Balaban J connectivity index is 1.45. The minimum Gasteiger partial charge on any atom is -0.463 e. The minimum atomic E-state index is -0.928. The Bertz CT molecular complexity index is 861. The van der Waals surface area contributed by atoms with Gasteiger partial charge in [0.1, 0.15) is 6.61 Å². The van der Waals surface area contributed by atoms with Crippen LogP contribution in [0.5, 0.6) is 0 Å². The molecule has 0 spiro atoms. The number of esters is 1. The monoisotopic (exact) mass is 486 g/mol. The van der Waals surface area contributed by atoms with Crippen LogP contribution in [-0.2, 0) is 9.53 Å². The van der Waals surface area contributed by atoms with E-state index in [2.05, 4.69) is 41.5 Å². The zero-order chi connectivity index (χ0) is 25.7. The summed E-state index contributed by atoms with van der Waals surface area (Å²) in [5, 5.41) is 11.4. The van der Waals surface area contributed by atoms with Gasteiger partial charge in [-0.15, -0.1) is 0 Å². The molecule has 0 heterocycles. The predicted molar refractivity (Wildman–Crippen MR) is 142 cm³/mol. The first-order chi connectivity index (χ1) is 16.1. The van der Waals surface area contributed by atoms with E-state index in [0.29, 0.717) is 27.6 Å². The third kappa shape index (κ3) is 3.48. The number of carbonyl (C=O) groups excluding carboxylic acids is 1. The number of fused-ring (bicyclic) bond motifs is 7. The molecular weight excluding hydrogens is 432 g/mol. The van der Waals surface area contributed by atoms with Crippen LogP contribution in [0.2, 0.25) is 0 Å². The van der Waals surface area contributed by atoms with E-state index < -0.39 is 5.60 Å². The summed E-state index contributed by atoms with van der Waals surface area (Å²) < 4.78 is 5.33. The van der Waals surface area contributed by atoms with Crippen molar-refractivity contribution in [3.05, 3.63) is 0 Å². The Kier molecular flexibility index (Phi) is 5.93. The highest BCUT2D eigenvalue weighted by Crippen LogP contribution is 2.78. The molecule has 0 aromatic rings. The Morgan fingerprint density at radius 2 is 1.40 bits per heavy atom. The van der Waals surface area contributed by atoms with Crippen LogP contribution in [0.3, 0.4) is 0 Å². The quantitative estimate of drug-likeness (QED) is 0.414. The van der Waals surface area contributed by atoms with E-state index in [1.807, 2.05) is 6.92 Å². The lowest BCUT2D eigenvalue weighted by Gasteiger charge is -2.73. The van der Waals surface area contributed by atoms with E-state index in [0.717, 1.165) is 24.2 Å². The highest BCUT2D eigenvalue weighted by Gasteiger charge is 2.70. The molecule has 0 amide bonds. The average molecular weight is 487 g/mol. The summed E-state index contributed by atoms with van der Waals surface area (Å²) >= 11 is 0. The lowest BCUT2D eigenvalue weighted by Crippen LogP contribution is -2.66. The first-order valence-electron chi connectivity index (χ1n) is 15.0. The molecule has 0 bridgehead atoms. The summed E-state index contributed by atoms with van der Waals surface area (Å²) in [7, 11) is 0. The van der Waals surface area contributed by atoms with Gasteiger partial charge in [0.15, 0.2) is 0 Å². The number of hydrogen-bond acceptors (Lipinski definition) is 3. The molecule has 5 rings (SSSR count). The molecule has 10 atom stereocenters. The summed E-state index contributed by atoms with van der Waals surface area (Å²) in [6, 6.07) is 0. The summed E-state index contributed by atoms with van der Waals surface area (Å²) in [6.07, 6.45) is 14.6. The van der Waals surface area contributed by atoms with Gasteiger partial charge in [-0.3, -0.25) is 4.79 Å². The van der Waals surface area contributed by atoms with Crippen molar-refractivity contribution in [1.29, 1.82) is 0 Å². The molecule has 3 nitrogen and oxygen atoms in total. The molecule has 0 aromatic heterocycles. The van der Waals surface area contributed by atoms with Crippen LogP contribution >= 0.6 is 0 Å². The summed E-state index contributed by atoms with van der Waals surface area (Å²) in [4.78, 5) is 11.5. The Morgan fingerprint density at radius 1 is 0.800 bits per heavy atom. The third-order valence-corrected chi connectivity index (χ3v) is 14.1. The Hall–Kier alpha value is -0.570. The molecule has 0 aromatic carbocycles. The smallest absolute Gasteiger partial charge is 0.302 e. The van der Waals surface area contributed by atoms with Crippen molar-refractivity contribution >= 4 is 5.97 Å². The summed E-state index contributed by atoms with van der Waals surface area (Å²) in [6.45, 7) is 19.4. The Labute approximate surface area is 215 Å². The third-order valence-electron chi connectivity index (χ3n) is 14.1. The second-order valence-electron chi connectivity index (χ2n) is 15.9. The molecule has 0 saturated heterocycles. The van der Waals surface area contributed by atoms with E-state index in [1.54, 1.807) is 0 Å². The highest BCUT2D eigenvalue weighted by molar-refractivity contribution is 5.65. The molecule has 200 valence electrons. The van der Waals surface area contributed by atoms with Crippen LogP contribution in [0.25, 0.3) is 0 Å². The van der Waals surface area contributed by atoms with Crippen LogP contribution < -0.4 is 0 Å². The molecule has 5 aliphatic carbocycles. The fourth-order valence-corrected chi connectivity index (χ4v) is 12.4. The van der Waals surface area contributed by atoms with E-state index >= 15 is 0 Å². The van der Waals surface area contributed by atoms with Crippen molar-refractivity contribution in [2.45, 2.75) is 132 Å². The molecule has 1 N–H and O–H groups in total. The normalized spacial score (nSPS) is 52.3. The van der Waals surface area contributed by atoms with Gasteiger partial charge >= 0.3 is 5.97 Å². The number of hydrogen-bond donors (Lipinski definition) is 1. The van der Waals surface area contributed by atoms with Crippen molar-refractivity contribution in [1.82, 2.24) is 0 Å². The maximum absolute atomic E-state index is 11.5. The maximum atomic E-state index is 11.5. The molecule has 1 unspecified atom stereocenters. The van der Waals surface area contributed by atoms with Gasteiger partial charge < -0.3 is 9.84 Å². The first kappa shape index (κ1) is 26.1.